The second-order valence-corrected chi connectivity index (χ2v) is 6.93. The molecule has 7 heteroatoms. The number of rotatable bonds is 5. The Balaban J connectivity index is 1.51. The standard InChI is InChI=1S/C20H17N3O3S/c1-3-13-6-8-14(9-7-13)15-11-17(26-23-15)21-19(24)18-12(2)25-20(22-18)16-5-4-10-27-16/h4-11H,3H2,1-2H3,(H,21,24). The first kappa shape index (κ1) is 17.2. The van der Waals surface area contributed by atoms with E-state index in [2.05, 4.69) is 22.4 Å². The van der Waals surface area contributed by atoms with Crippen LogP contribution in [0.2, 0.25) is 0 Å². The van der Waals surface area contributed by atoms with Gasteiger partial charge in [0.1, 0.15) is 11.5 Å². The maximum atomic E-state index is 12.5. The third-order valence-corrected chi connectivity index (χ3v) is 5.01. The van der Waals surface area contributed by atoms with Crippen LogP contribution in [0.3, 0.4) is 0 Å². The number of carbonyl (C=O) groups excluding carboxylic acids is 1. The molecule has 0 bridgehead atoms. The van der Waals surface area contributed by atoms with Gasteiger partial charge in [-0.2, -0.15) is 0 Å². The number of hydrogen-bond acceptors (Lipinski definition) is 6. The fourth-order valence-electron chi connectivity index (χ4n) is 2.67. The van der Waals surface area contributed by atoms with Gasteiger partial charge in [-0.15, -0.1) is 11.3 Å². The first-order valence-electron chi connectivity index (χ1n) is 8.52. The highest BCUT2D eigenvalue weighted by atomic mass is 32.1. The summed E-state index contributed by atoms with van der Waals surface area (Å²) < 4.78 is 10.9. The van der Waals surface area contributed by atoms with Gasteiger partial charge >= 0.3 is 0 Å². The van der Waals surface area contributed by atoms with Crippen LogP contribution >= 0.6 is 11.3 Å². The molecule has 27 heavy (non-hydrogen) atoms. The summed E-state index contributed by atoms with van der Waals surface area (Å²) >= 11 is 1.50. The zero-order valence-electron chi connectivity index (χ0n) is 14.9. The van der Waals surface area contributed by atoms with E-state index in [0.717, 1.165) is 16.9 Å². The smallest absolute Gasteiger partial charge is 0.280 e. The summed E-state index contributed by atoms with van der Waals surface area (Å²) in [5.41, 5.74) is 3.06. The molecule has 0 aliphatic carbocycles. The molecule has 3 aromatic heterocycles. The Bertz CT molecular complexity index is 1060. The van der Waals surface area contributed by atoms with Gasteiger partial charge in [0.05, 0.1) is 4.88 Å². The van der Waals surface area contributed by atoms with Crippen LogP contribution in [0.4, 0.5) is 5.88 Å². The number of aryl methyl sites for hydroxylation is 2. The molecule has 1 aromatic carbocycles. The van der Waals surface area contributed by atoms with Gasteiger partial charge in [-0.3, -0.25) is 10.1 Å². The predicted octanol–water partition coefficient (Wildman–Crippen LogP) is 5.18. The first-order valence-corrected chi connectivity index (χ1v) is 9.40. The van der Waals surface area contributed by atoms with E-state index in [9.17, 15) is 4.79 Å². The number of aromatic nitrogens is 2. The van der Waals surface area contributed by atoms with Crippen molar-refractivity contribution in [3.05, 3.63) is 64.9 Å². The normalized spacial score (nSPS) is 10.9. The van der Waals surface area contributed by atoms with Gasteiger partial charge in [-0.05, 0) is 30.4 Å². The van der Waals surface area contributed by atoms with Crippen LogP contribution in [0.25, 0.3) is 22.0 Å². The molecule has 0 saturated heterocycles. The Morgan fingerprint density at radius 1 is 1.22 bits per heavy atom. The predicted molar refractivity (Wildman–Crippen MR) is 104 cm³/mol. The van der Waals surface area contributed by atoms with Crippen molar-refractivity contribution in [1.29, 1.82) is 0 Å². The number of carbonyl (C=O) groups is 1. The maximum Gasteiger partial charge on any atom is 0.280 e. The summed E-state index contributed by atoms with van der Waals surface area (Å²) in [4.78, 5) is 17.7. The molecule has 4 rings (SSSR count). The van der Waals surface area contributed by atoms with Crippen molar-refractivity contribution in [3.63, 3.8) is 0 Å². The Hall–Kier alpha value is -3.19. The van der Waals surface area contributed by atoms with Crippen LogP contribution in [0, 0.1) is 6.92 Å². The van der Waals surface area contributed by atoms with E-state index < -0.39 is 5.91 Å². The summed E-state index contributed by atoms with van der Waals surface area (Å²) in [6, 6.07) is 13.6. The van der Waals surface area contributed by atoms with Crippen molar-refractivity contribution in [2.75, 3.05) is 5.32 Å². The molecule has 0 aliphatic rings. The second kappa shape index (κ2) is 7.20. The quantitative estimate of drug-likeness (QED) is 0.517. The zero-order chi connectivity index (χ0) is 18.8. The zero-order valence-corrected chi connectivity index (χ0v) is 15.7. The molecule has 0 atom stereocenters. The minimum atomic E-state index is -0.400. The Morgan fingerprint density at radius 2 is 2.04 bits per heavy atom. The summed E-state index contributed by atoms with van der Waals surface area (Å²) in [6.07, 6.45) is 0.977. The van der Waals surface area contributed by atoms with Gasteiger partial charge in [0.2, 0.25) is 11.8 Å². The molecular weight excluding hydrogens is 362 g/mol. The van der Waals surface area contributed by atoms with Crippen LogP contribution in [-0.2, 0) is 6.42 Å². The fourth-order valence-corrected chi connectivity index (χ4v) is 3.31. The Kier molecular flexibility index (Phi) is 4.60. The largest absolute Gasteiger partial charge is 0.440 e. The topological polar surface area (TPSA) is 81.2 Å². The number of thiophene rings is 1. The highest BCUT2D eigenvalue weighted by Gasteiger charge is 2.20. The van der Waals surface area contributed by atoms with Crippen LogP contribution in [0.5, 0.6) is 0 Å². The van der Waals surface area contributed by atoms with Crippen molar-refractivity contribution in [3.8, 4) is 22.0 Å². The number of nitrogens with zero attached hydrogens (tertiary/aromatic N) is 2. The average molecular weight is 379 g/mol. The molecule has 1 N–H and O–H groups in total. The van der Waals surface area contributed by atoms with Gasteiger partial charge in [-0.1, -0.05) is 42.4 Å². The lowest BCUT2D eigenvalue weighted by Crippen LogP contribution is -2.13. The lowest BCUT2D eigenvalue weighted by atomic mass is 10.1. The lowest BCUT2D eigenvalue weighted by molar-refractivity contribution is 0.101. The van der Waals surface area contributed by atoms with E-state index in [1.807, 2.05) is 41.8 Å². The number of anilines is 1. The third-order valence-electron chi connectivity index (χ3n) is 4.15. The molecule has 4 aromatic rings. The van der Waals surface area contributed by atoms with Crippen LogP contribution in [0.15, 0.2) is 56.8 Å². The first-order chi connectivity index (χ1) is 13.1. The second-order valence-electron chi connectivity index (χ2n) is 5.98. The van der Waals surface area contributed by atoms with Crippen LogP contribution in [-0.4, -0.2) is 16.0 Å². The summed E-state index contributed by atoms with van der Waals surface area (Å²) in [5, 5.41) is 8.64. The van der Waals surface area contributed by atoms with Gasteiger partial charge in [0.25, 0.3) is 5.91 Å². The van der Waals surface area contributed by atoms with E-state index in [0.29, 0.717) is 17.3 Å². The Morgan fingerprint density at radius 3 is 2.74 bits per heavy atom. The minimum Gasteiger partial charge on any atom is -0.440 e. The molecule has 0 fully saturated rings. The average Bonchev–Trinajstić information content (AvgIpc) is 3.42. The summed E-state index contributed by atoms with van der Waals surface area (Å²) in [5.74, 6) is 0.741. The van der Waals surface area contributed by atoms with E-state index in [1.54, 1.807) is 13.0 Å². The Labute approximate surface area is 159 Å². The van der Waals surface area contributed by atoms with Crippen molar-refractivity contribution in [1.82, 2.24) is 10.1 Å². The third kappa shape index (κ3) is 3.54. The molecular formula is C20H17N3O3S. The maximum absolute atomic E-state index is 12.5. The highest BCUT2D eigenvalue weighted by Crippen LogP contribution is 2.27. The van der Waals surface area contributed by atoms with Gasteiger partial charge < -0.3 is 8.94 Å². The molecule has 6 nitrogen and oxygen atoms in total. The number of hydrogen-bond donors (Lipinski definition) is 1. The highest BCUT2D eigenvalue weighted by molar-refractivity contribution is 7.13. The number of nitrogens with one attached hydrogen (secondary N) is 1. The number of oxazole rings is 1. The molecule has 0 aliphatic heterocycles. The van der Waals surface area contributed by atoms with Gasteiger partial charge in [0, 0.05) is 11.6 Å². The van der Waals surface area contributed by atoms with Crippen molar-refractivity contribution in [2.45, 2.75) is 20.3 Å². The monoisotopic (exact) mass is 379 g/mol. The molecule has 0 radical (unpaired) electrons. The van der Waals surface area contributed by atoms with Gasteiger partial charge in [-0.25, -0.2) is 4.98 Å². The number of benzene rings is 1. The van der Waals surface area contributed by atoms with Crippen molar-refractivity contribution in [2.24, 2.45) is 0 Å². The van der Waals surface area contributed by atoms with Crippen LogP contribution < -0.4 is 5.32 Å². The molecule has 0 saturated carbocycles. The fraction of sp³-hybridized carbons (Fsp3) is 0.150. The van der Waals surface area contributed by atoms with Crippen LogP contribution in [0.1, 0.15) is 28.7 Å². The SMILES string of the molecule is CCc1ccc(-c2cc(NC(=O)c3nc(-c4cccs4)oc3C)on2)cc1. The summed E-state index contributed by atoms with van der Waals surface area (Å²) in [6.45, 7) is 3.81. The van der Waals surface area contributed by atoms with E-state index in [4.69, 9.17) is 8.94 Å². The van der Waals surface area contributed by atoms with Gasteiger partial charge in [0.15, 0.2) is 5.69 Å². The lowest BCUT2D eigenvalue weighted by Gasteiger charge is -1.98. The molecule has 0 unspecified atom stereocenters. The van der Waals surface area contributed by atoms with Crippen molar-refractivity contribution >= 4 is 23.1 Å². The summed E-state index contributed by atoms with van der Waals surface area (Å²) in [7, 11) is 0. The molecule has 3 heterocycles. The minimum absolute atomic E-state index is 0.226. The molecule has 0 spiro atoms. The van der Waals surface area contributed by atoms with E-state index >= 15 is 0 Å². The molecule has 136 valence electrons. The van der Waals surface area contributed by atoms with E-state index in [-0.39, 0.29) is 11.6 Å². The van der Waals surface area contributed by atoms with Crippen molar-refractivity contribution < 1.29 is 13.7 Å². The number of amides is 1. The van der Waals surface area contributed by atoms with E-state index in [1.165, 1.54) is 16.9 Å². The molecule has 1 amide bonds.